The minimum Gasteiger partial charge on any atom is -0.333 e. The van der Waals surface area contributed by atoms with E-state index in [1.807, 2.05) is 18.6 Å². The zero-order valence-electron chi connectivity index (χ0n) is 24.3. The maximum Gasteiger partial charge on any atom is 0.0709 e. The monoisotopic (exact) mass is 569 g/mol. The highest BCUT2D eigenvalue weighted by Gasteiger charge is 2.37. The lowest BCUT2D eigenvalue weighted by atomic mass is 9.95. The molecule has 0 radical (unpaired) electrons. The van der Waals surface area contributed by atoms with E-state index in [0.717, 1.165) is 42.6 Å². The molecule has 0 spiro atoms. The lowest BCUT2D eigenvalue weighted by molar-refractivity contribution is 0.780. The summed E-state index contributed by atoms with van der Waals surface area (Å²) in [5, 5.41) is 1.28. The molecule has 2 atom stereocenters. The van der Waals surface area contributed by atoms with Gasteiger partial charge in [0.1, 0.15) is 0 Å². The van der Waals surface area contributed by atoms with Crippen LogP contribution in [0.4, 0.5) is 11.4 Å². The van der Waals surface area contributed by atoms with E-state index in [0.29, 0.717) is 0 Å². The van der Waals surface area contributed by atoms with E-state index in [2.05, 4.69) is 129 Å². The summed E-state index contributed by atoms with van der Waals surface area (Å²) in [5.41, 5.74) is 13.5. The third-order valence-electron chi connectivity index (χ3n) is 9.52. The second kappa shape index (κ2) is 10.2. The quantitative estimate of drug-likeness (QED) is 0.217. The minimum atomic E-state index is 0.246. The smallest absolute Gasteiger partial charge is 0.0709 e. The maximum atomic E-state index is 5.14. The molecule has 2 aliphatic carbocycles. The number of rotatable bonds is 4. The number of para-hydroxylation sites is 1. The van der Waals surface area contributed by atoms with Gasteiger partial charge in [-0.05, 0) is 97.0 Å². The second-order valence-electron chi connectivity index (χ2n) is 11.9. The van der Waals surface area contributed by atoms with Crippen molar-refractivity contribution >= 4 is 45.8 Å². The molecule has 0 saturated carbocycles. The molecule has 0 fully saturated rings. The van der Waals surface area contributed by atoms with Gasteiger partial charge in [0.2, 0.25) is 0 Å². The van der Waals surface area contributed by atoms with Gasteiger partial charge in [0.25, 0.3) is 0 Å². The van der Waals surface area contributed by atoms with E-state index in [9.17, 15) is 0 Å². The van der Waals surface area contributed by atoms with Gasteiger partial charge in [-0.2, -0.15) is 0 Å². The number of benzene rings is 2. The van der Waals surface area contributed by atoms with Crippen LogP contribution >= 0.6 is 0 Å². The third-order valence-corrected chi connectivity index (χ3v) is 9.52. The number of aliphatic imine (C=N–C) groups is 1. The van der Waals surface area contributed by atoms with E-state index in [1.165, 1.54) is 50.4 Å². The third kappa shape index (κ3) is 3.96. The maximum absolute atomic E-state index is 5.14. The Morgan fingerprint density at radius 2 is 1.73 bits per heavy atom. The van der Waals surface area contributed by atoms with E-state index in [4.69, 9.17) is 4.98 Å². The number of pyridine rings is 2. The first kappa shape index (κ1) is 25.2. The standard InChI is InChI=1S/C39H31N5/c1-3-10-36-30(6-1)32-24-40-22-20-38(32)43(36)28-16-12-26(13-17-28)34-8-5-9-35(42-34)27-14-18-29(19-15-27)44-37-11-4-2-7-31(37)33-25-41-23-21-39(33)44/h1,3-6,8-14,16-18,20-25,32,38H,2,7,15,19H2. The molecule has 3 aromatic heterocycles. The fraction of sp³-hybridized carbons (Fsp3) is 0.154. The van der Waals surface area contributed by atoms with E-state index >= 15 is 0 Å². The highest BCUT2D eigenvalue weighted by molar-refractivity contribution is 5.92. The largest absolute Gasteiger partial charge is 0.333 e. The number of hydrogen-bond acceptors (Lipinski definition) is 4. The molecule has 0 N–H and O–H groups in total. The molecule has 9 rings (SSSR count). The average molecular weight is 570 g/mol. The Bertz CT molecular complexity index is 2090. The van der Waals surface area contributed by atoms with Crippen molar-refractivity contribution in [2.24, 2.45) is 4.99 Å². The van der Waals surface area contributed by atoms with Gasteiger partial charge in [-0.1, -0.05) is 48.6 Å². The Balaban J connectivity index is 1.01. The van der Waals surface area contributed by atoms with Crippen molar-refractivity contribution in [3.05, 3.63) is 138 Å². The summed E-state index contributed by atoms with van der Waals surface area (Å²) in [7, 11) is 0. The Morgan fingerprint density at radius 1 is 0.818 bits per heavy atom. The van der Waals surface area contributed by atoms with E-state index < -0.39 is 0 Å². The van der Waals surface area contributed by atoms with Gasteiger partial charge in [0.15, 0.2) is 0 Å². The molecule has 5 heteroatoms. The zero-order valence-corrected chi connectivity index (χ0v) is 24.3. The Labute approximate surface area is 256 Å². The molecule has 5 heterocycles. The number of fused-ring (bicyclic) bond motifs is 6. The molecular weight excluding hydrogens is 538 g/mol. The van der Waals surface area contributed by atoms with Crippen molar-refractivity contribution in [2.75, 3.05) is 4.90 Å². The summed E-state index contributed by atoms with van der Waals surface area (Å²) in [6.07, 6.45) is 23.4. The molecular formula is C39H31N5. The first-order valence-electron chi connectivity index (χ1n) is 15.5. The first-order valence-corrected chi connectivity index (χ1v) is 15.5. The number of aromatic nitrogens is 3. The van der Waals surface area contributed by atoms with Crippen molar-refractivity contribution in [1.29, 1.82) is 0 Å². The first-order chi connectivity index (χ1) is 21.8. The molecule has 212 valence electrons. The van der Waals surface area contributed by atoms with Crippen molar-refractivity contribution in [3.8, 4) is 11.3 Å². The molecule has 0 bridgehead atoms. The van der Waals surface area contributed by atoms with Crippen LogP contribution in [0.3, 0.4) is 0 Å². The van der Waals surface area contributed by atoms with Crippen molar-refractivity contribution in [1.82, 2.24) is 14.5 Å². The van der Waals surface area contributed by atoms with Gasteiger partial charge in [-0.3, -0.25) is 9.98 Å². The molecule has 5 nitrogen and oxygen atoms in total. The minimum absolute atomic E-state index is 0.246. The van der Waals surface area contributed by atoms with E-state index in [-0.39, 0.29) is 12.0 Å². The fourth-order valence-corrected chi connectivity index (χ4v) is 7.44. The zero-order chi connectivity index (χ0) is 29.0. The fourth-order valence-electron chi connectivity index (χ4n) is 7.44. The van der Waals surface area contributed by atoms with Gasteiger partial charge in [-0.25, -0.2) is 4.98 Å². The summed E-state index contributed by atoms with van der Waals surface area (Å²) in [4.78, 5) is 16.4. The summed E-state index contributed by atoms with van der Waals surface area (Å²) < 4.78 is 2.44. The predicted molar refractivity (Wildman–Crippen MR) is 181 cm³/mol. The summed E-state index contributed by atoms with van der Waals surface area (Å²) in [6.45, 7) is 0. The van der Waals surface area contributed by atoms with Crippen LogP contribution in [0, 0.1) is 0 Å². The lowest BCUT2D eigenvalue weighted by Gasteiger charge is -2.28. The van der Waals surface area contributed by atoms with Crippen LogP contribution in [0.5, 0.6) is 0 Å². The van der Waals surface area contributed by atoms with Gasteiger partial charge < -0.3 is 9.47 Å². The molecule has 4 aliphatic rings. The van der Waals surface area contributed by atoms with Crippen molar-refractivity contribution in [3.63, 3.8) is 0 Å². The van der Waals surface area contributed by atoms with Gasteiger partial charge in [-0.15, -0.1) is 0 Å². The Hall–Kier alpha value is -5.29. The predicted octanol–water partition coefficient (Wildman–Crippen LogP) is 8.98. The van der Waals surface area contributed by atoms with Gasteiger partial charge in [0, 0.05) is 64.4 Å². The number of nitrogens with zero attached hydrogens (tertiary/aromatic N) is 5. The lowest BCUT2D eigenvalue weighted by Crippen LogP contribution is -2.29. The van der Waals surface area contributed by atoms with Crippen molar-refractivity contribution in [2.45, 2.75) is 37.6 Å². The average Bonchev–Trinajstić information content (AvgIpc) is 3.62. The number of anilines is 2. The second-order valence-corrected chi connectivity index (χ2v) is 11.9. The molecule has 2 aliphatic heterocycles. The van der Waals surface area contributed by atoms with Crippen LogP contribution in [0.25, 0.3) is 39.5 Å². The highest BCUT2D eigenvalue weighted by Crippen LogP contribution is 2.46. The summed E-state index contributed by atoms with van der Waals surface area (Å²) >= 11 is 0. The normalized spacial score (nSPS) is 19.9. The van der Waals surface area contributed by atoms with Gasteiger partial charge in [0.05, 0.1) is 22.9 Å². The summed E-state index contributed by atoms with van der Waals surface area (Å²) in [6, 6.07) is 26.3. The van der Waals surface area contributed by atoms with Crippen LogP contribution in [-0.4, -0.2) is 26.8 Å². The van der Waals surface area contributed by atoms with E-state index in [1.54, 1.807) is 0 Å². The molecule has 2 aromatic carbocycles. The molecule has 0 amide bonds. The molecule has 0 saturated heterocycles. The van der Waals surface area contributed by atoms with Crippen LogP contribution in [-0.2, 0) is 6.42 Å². The van der Waals surface area contributed by atoms with Crippen LogP contribution in [0.2, 0.25) is 0 Å². The van der Waals surface area contributed by atoms with Crippen LogP contribution in [0.15, 0.2) is 121 Å². The van der Waals surface area contributed by atoms with Crippen molar-refractivity contribution < 1.29 is 0 Å². The van der Waals surface area contributed by atoms with Crippen LogP contribution in [0.1, 0.15) is 47.7 Å². The molecule has 5 aromatic rings. The number of allylic oxidation sites excluding steroid dienone is 5. The summed E-state index contributed by atoms with van der Waals surface area (Å²) in [5.74, 6) is 0.280. The Morgan fingerprint density at radius 3 is 2.64 bits per heavy atom. The van der Waals surface area contributed by atoms with Gasteiger partial charge >= 0.3 is 0 Å². The van der Waals surface area contributed by atoms with Crippen LogP contribution < -0.4 is 4.90 Å². The highest BCUT2D eigenvalue weighted by atomic mass is 15.2. The Kier molecular flexibility index (Phi) is 5.83. The molecule has 2 unspecified atom stereocenters. The number of aryl methyl sites for hydroxylation is 1. The number of hydrogen-bond donors (Lipinski definition) is 0. The SMILES string of the molecule is C1=Cc2c(c3cnccc3n2C2=CC=C(c3cccc(-c4ccc(N5c6ccccc6C6C=NC=CC65)cc4)n3)CC2)CC1. The topological polar surface area (TPSA) is 46.3 Å². The molecule has 44 heavy (non-hydrogen) atoms.